The number of hydrogen-bond donors (Lipinski definition) is 1. The van der Waals surface area contributed by atoms with Crippen LogP contribution < -0.4 is 5.32 Å². The van der Waals surface area contributed by atoms with Crippen molar-refractivity contribution < 1.29 is 9.13 Å². The molecule has 2 unspecified atom stereocenters. The first-order valence-corrected chi connectivity index (χ1v) is 6.30. The van der Waals surface area contributed by atoms with Crippen LogP contribution in [0.1, 0.15) is 26.7 Å². The van der Waals surface area contributed by atoms with Gasteiger partial charge in [0.25, 0.3) is 0 Å². The van der Waals surface area contributed by atoms with E-state index in [-0.39, 0.29) is 24.1 Å². The van der Waals surface area contributed by atoms with Crippen molar-refractivity contribution in [2.24, 2.45) is 0 Å². The predicted molar refractivity (Wildman–Crippen MR) is 68.1 cm³/mol. The number of nitrogens with one attached hydrogen (secondary N) is 1. The molecule has 0 saturated carbocycles. The largest absolute Gasteiger partial charge is 0.379 e. The quantitative estimate of drug-likeness (QED) is 0.869. The summed E-state index contributed by atoms with van der Waals surface area (Å²) < 4.78 is 19.3. The van der Waals surface area contributed by atoms with E-state index < -0.39 is 0 Å². The molecule has 4 heteroatoms. The maximum Gasteiger partial charge on any atom is 0.147 e. The molecule has 1 fully saturated rings. The van der Waals surface area contributed by atoms with Crippen LogP contribution in [0.4, 0.5) is 10.1 Å². The van der Waals surface area contributed by atoms with Crippen LogP contribution in [0.25, 0.3) is 0 Å². The standard InChI is InChI=1S/C13H17ClFNO/c1-8-6-10(7-9(2)17-8)16-13-11(14)4-3-5-12(13)15/h3-5,8-10,16H,6-7H2,1-2H3. The number of benzene rings is 1. The van der Waals surface area contributed by atoms with Crippen LogP contribution in [0.2, 0.25) is 5.02 Å². The van der Waals surface area contributed by atoms with Crippen molar-refractivity contribution in [2.45, 2.75) is 44.9 Å². The maximum absolute atomic E-state index is 13.6. The lowest BCUT2D eigenvalue weighted by Gasteiger charge is -2.33. The van der Waals surface area contributed by atoms with Gasteiger partial charge in [-0.15, -0.1) is 0 Å². The minimum absolute atomic E-state index is 0.196. The topological polar surface area (TPSA) is 21.3 Å². The third kappa shape index (κ3) is 3.11. The summed E-state index contributed by atoms with van der Waals surface area (Å²) in [5, 5.41) is 3.62. The molecule has 0 radical (unpaired) electrons. The molecule has 1 aromatic rings. The first-order chi connectivity index (χ1) is 8.06. The smallest absolute Gasteiger partial charge is 0.147 e. The minimum atomic E-state index is -0.302. The zero-order valence-corrected chi connectivity index (χ0v) is 10.8. The fourth-order valence-corrected chi connectivity index (χ4v) is 2.58. The van der Waals surface area contributed by atoms with E-state index in [4.69, 9.17) is 16.3 Å². The number of hydrogen-bond acceptors (Lipinski definition) is 2. The lowest BCUT2D eigenvalue weighted by atomic mass is 9.99. The van der Waals surface area contributed by atoms with Gasteiger partial charge in [-0.3, -0.25) is 0 Å². The number of para-hydroxylation sites is 1. The Hall–Kier alpha value is -0.800. The van der Waals surface area contributed by atoms with Gasteiger partial charge in [0.2, 0.25) is 0 Å². The van der Waals surface area contributed by atoms with E-state index in [2.05, 4.69) is 5.32 Å². The summed E-state index contributed by atoms with van der Waals surface area (Å²) in [5.41, 5.74) is 0.403. The van der Waals surface area contributed by atoms with Crippen molar-refractivity contribution in [2.75, 3.05) is 5.32 Å². The molecule has 1 aromatic carbocycles. The van der Waals surface area contributed by atoms with Gasteiger partial charge in [0.15, 0.2) is 0 Å². The van der Waals surface area contributed by atoms with Crippen LogP contribution in [0.15, 0.2) is 18.2 Å². The summed E-state index contributed by atoms with van der Waals surface area (Å²) in [6, 6.07) is 4.93. The lowest BCUT2D eigenvalue weighted by Crippen LogP contribution is -2.37. The third-order valence-corrected chi connectivity index (χ3v) is 3.32. The average Bonchev–Trinajstić information content (AvgIpc) is 2.22. The molecule has 2 atom stereocenters. The summed E-state index contributed by atoms with van der Waals surface area (Å²) in [4.78, 5) is 0. The van der Waals surface area contributed by atoms with Crippen LogP contribution in [-0.4, -0.2) is 18.2 Å². The van der Waals surface area contributed by atoms with Gasteiger partial charge in [-0.2, -0.15) is 0 Å². The molecule has 94 valence electrons. The second kappa shape index (κ2) is 5.23. The van der Waals surface area contributed by atoms with E-state index in [0.717, 1.165) is 12.8 Å². The van der Waals surface area contributed by atoms with Gasteiger partial charge in [-0.1, -0.05) is 17.7 Å². The van der Waals surface area contributed by atoms with Crippen molar-refractivity contribution in [1.29, 1.82) is 0 Å². The summed E-state index contributed by atoms with van der Waals surface area (Å²) in [5.74, 6) is -0.302. The molecule has 1 aliphatic rings. The van der Waals surface area contributed by atoms with Crippen LogP contribution in [0, 0.1) is 5.82 Å². The van der Waals surface area contributed by atoms with Crippen LogP contribution in [0.5, 0.6) is 0 Å². The second-order valence-electron chi connectivity index (χ2n) is 4.67. The highest BCUT2D eigenvalue weighted by Crippen LogP contribution is 2.29. The molecule has 2 nitrogen and oxygen atoms in total. The van der Waals surface area contributed by atoms with E-state index in [1.165, 1.54) is 6.07 Å². The third-order valence-electron chi connectivity index (χ3n) is 3.01. The molecule has 1 aliphatic heterocycles. The average molecular weight is 258 g/mol. The van der Waals surface area contributed by atoms with Gasteiger partial charge in [0.1, 0.15) is 5.82 Å². The van der Waals surface area contributed by atoms with Crippen molar-refractivity contribution in [1.82, 2.24) is 0 Å². The first-order valence-electron chi connectivity index (χ1n) is 5.92. The summed E-state index contributed by atoms with van der Waals surface area (Å²) >= 11 is 5.99. The maximum atomic E-state index is 13.6. The fourth-order valence-electron chi connectivity index (χ4n) is 2.36. The molecule has 1 N–H and O–H groups in total. The fraction of sp³-hybridized carbons (Fsp3) is 0.538. The molecule has 0 amide bonds. The Morgan fingerprint density at radius 3 is 2.53 bits per heavy atom. The highest BCUT2D eigenvalue weighted by Gasteiger charge is 2.25. The Kier molecular flexibility index (Phi) is 3.89. The van der Waals surface area contributed by atoms with Crippen LogP contribution in [0.3, 0.4) is 0 Å². The molecular weight excluding hydrogens is 241 g/mol. The van der Waals surface area contributed by atoms with Crippen LogP contribution in [-0.2, 0) is 4.74 Å². The highest BCUT2D eigenvalue weighted by atomic mass is 35.5. The van der Waals surface area contributed by atoms with E-state index in [1.807, 2.05) is 13.8 Å². The molecule has 17 heavy (non-hydrogen) atoms. The summed E-state index contributed by atoms with van der Waals surface area (Å²) in [7, 11) is 0. The van der Waals surface area contributed by atoms with E-state index >= 15 is 0 Å². The number of rotatable bonds is 2. The molecule has 1 heterocycles. The Labute approximate surface area is 106 Å². The zero-order chi connectivity index (χ0) is 12.4. The summed E-state index contributed by atoms with van der Waals surface area (Å²) in [6.45, 7) is 4.07. The zero-order valence-electron chi connectivity index (χ0n) is 10.0. The van der Waals surface area contributed by atoms with E-state index in [9.17, 15) is 4.39 Å². The number of halogens is 2. The Morgan fingerprint density at radius 1 is 1.29 bits per heavy atom. The van der Waals surface area contributed by atoms with Gasteiger partial charge >= 0.3 is 0 Å². The first kappa shape index (κ1) is 12.7. The monoisotopic (exact) mass is 257 g/mol. The number of anilines is 1. The van der Waals surface area contributed by atoms with Crippen molar-refractivity contribution >= 4 is 17.3 Å². The minimum Gasteiger partial charge on any atom is -0.379 e. The second-order valence-corrected chi connectivity index (χ2v) is 5.07. The molecule has 0 aliphatic carbocycles. The molecule has 1 saturated heterocycles. The number of ether oxygens (including phenoxy) is 1. The Balaban J connectivity index is 2.10. The van der Waals surface area contributed by atoms with Crippen molar-refractivity contribution in [3.63, 3.8) is 0 Å². The van der Waals surface area contributed by atoms with Gasteiger partial charge < -0.3 is 10.1 Å². The molecule has 0 spiro atoms. The Bertz CT molecular complexity index is 369. The predicted octanol–water partition coefficient (Wildman–Crippen LogP) is 3.85. The van der Waals surface area contributed by atoms with Gasteiger partial charge in [-0.05, 0) is 38.8 Å². The van der Waals surface area contributed by atoms with Crippen molar-refractivity contribution in [3.05, 3.63) is 29.0 Å². The highest BCUT2D eigenvalue weighted by molar-refractivity contribution is 6.33. The van der Waals surface area contributed by atoms with Gasteiger partial charge in [-0.25, -0.2) is 4.39 Å². The molecule has 0 aromatic heterocycles. The lowest BCUT2D eigenvalue weighted by molar-refractivity contribution is -0.0338. The molecule has 2 rings (SSSR count). The molecular formula is C13H17ClFNO. The van der Waals surface area contributed by atoms with E-state index in [0.29, 0.717) is 10.7 Å². The summed E-state index contributed by atoms with van der Waals surface area (Å²) in [6.07, 6.45) is 2.13. The van der Waals surface area contributed by atoms with Gasteiger partial charge in [0.05, 0.1) is 22.9 Å². The van der Waals surface area contributed by atoms with Crippen molar-refractivity contribution in [3.8, 4) is 0 Å². The van der Waals surface area contributed by atoms with Gasteiger partial charge in [0, 0.05) is 6.04 Å². The van der Waals surface area contributed by atoms with Crippen LogP contribution >= 0.6 is 11.6 Å². The normalized spacial score (nSPS) is 29.1. The Morgan fingerprint density at radius 2 is 1.94 bits per heavy atom. The SMILES string of the molecule is CC1CC(Nc2c(F)cccc2Cl)CC(C)O1. The molecule has 0 bridgehead atoms. The van der Waals surface area contributed by atoms with E-state index in [1.54, 1.807) is 12.1 Å².